The summed E-state index contributed by atoms with van der Waals surface area (Å²) in [6.07, 6.45) is 0. The summed E-state index contributed by atoms with van der Waals surface area (Å²) in [5.74, 6) is 2.69. The van der Waals surface area contributed by atoms with Crippen LogP contribution in [-0.2, 0) is 0 Å². The fourth-order valence-corrected chi connectivity index (χ4v) is 4.12. The summed E-state index contributed by atoms with van der Waals surface area (Å²) in [6.45, 7) is 10.0. The molecule has 4 nitrogen and oxygen atoms in total. The minimum atomic E-state index is 0.174. The molecular formula is C21H24N2O2S. The van der Waals surface area contributed by atoms with Crippen molar-refractivity contribution in [1.82, 2.24) is 8.75 Å². The number of fused-ring (bicyclic) bond motifs is 2. The number of benzene rings is 2. The Kier molecular flexibility index (Phi) is 4.57. The van der Waals surface area contributed by atoms with Crippen LogP contribution in [0.3, 0.4) is 0 Å². The Morgan fingerprint density at radius 1 is 0.923 bits per heavy atom. The van der Waals surface area contributed by atoms with Gasteiger partial charge in [-0.25, -0.2) is 0 Å². The summed E-state index contributed by atoms with van der Waals surface area (Å²) in [5.41, 5.74) is 5.79. The van der Waals surface area contributed by atoms with Crippen molar-refractivity contribution >= 4 is 22.8 Å². The Labute approximate surface area is 158 Å². The van der Waals surface area contributed by atoms with Crippen LogP contribution in [0.1, 0.15) is 62.1 Å². The second-order valence-corrected chi connectivity index (χ2v) is 8.06. The van der Waals surface area contributed by atoms with E-state index in [9.17, 15) is 0 Å². The third-order valence-corrected chi connectivity index (χ3v) is 5.58. The second-order valence-electron chi connectivity index (χ2n) is 7.53. The SMILES string of the molecule is CC(C)c1ccc2c(c1)OCC(c1ccc3nsnc3c1C(C)C)CO2. The molecule has 0 fully saturated rings. The summed E-state index contributed by atoms with van der Waals surface area (Å²) in [4.78, 5) is 0. The highest BCUT2D eigenvalue weighted by molar-refractivity contribution is 7.00. The van der Waals surface area contributed by atoms with Crippen LogP contribution in [0.5, 0.6) is 11.5 Å². The molecule has 0 amide bonds. The average Bonchev–Trinajstić information content (AvgIpc) is 2.99. The molecule has 0 N–H and O–H groups in total. The van der Waals surface area contributed by atoms with Gasteiger partial charge in [0.05, 0.1) is 30.9 Å². The van der Waals surface area contributed by atoms with Crippen LogP contribution < -0.4 is 9.47 Å². The number of aromatic nitrogens is 2. The molecule has 1 atom stereocenters. The van der Waals surface area contributed by atoms with Gasteiger partial charge >= 0.3 is 0 Å². The standard InChI is InChI=1S/C21H24N2O2S/c1-12(2)14-5-8-18-19(9-14)25-11-15(10-24-18)16-6-7-17-21(23-26-22-17)20(16)13(3)4/h5-9,12-13,15H,10-11H2,1-4H3. The fraction of sp³-hybridized carbons (Fsp3) is 0.429. The molecule has 5 heteroatoms. The van der Waals surface area contributed by atoms with Gasteiger partial charge in [0.2, 0.25) is 0 Å². The van der Waals surface area contributed by atoms with E-state index in [1.54, 1.807) is 0 Å². The minimum Gasteiger partial charge on any atom is -0.489 e. The van der Waals surface area contributed by atoms with Gasteiger partial charge in [0.1, 0.15) is 11.0 Å². The fourth-order valence-electron chi connectivity index (χ4n) is 3.57. The first-order valence-electron chi connectivity index (χ1n) is 9.19. The van der Waals surface area contributed by atoms with Crippen molar-refractivity contribution in [2.45, 2.75) is 45.4 Å². The number of hydrogen-bond donors (Lipinski definition) is 0. The van der Waals surface area contributed by atoms with Gasteiger partial charge in [-0.05, 0) is 46.7 Å². The van der Waals surface area contributed by atoms with Crippen molar-refractivity contribution in [1.29, 1.82) is 0 Å². The van der Waals surface area contributed by atoms with Crippen LogP contribution in [0.15, 0.2) is 30.3 Å². The first kappa shape index (κ1) is 17.3. The maximum absolute atomic E-state index is 6.18. The van der Waals surface area contributed by atoms with E-state index in [-0.39, 0.29) is 5.92 Å². The Hall–Kier alpha value is -2.14. The smallest absolute Gasteiger partial charge is 0.161 e. The lowest BCUT2D eigenvalue weighted by Gasteiger charge is -2.20. The van der Waals surface area contributed by atoms with E-state index < -0.39 is 0 Å². The van der Waals surface area contributed by atoms with Crippen LogP contribution in [0.2, 0.25) is 0 Å². The molecule has 0 aliphatic carbocycles. The van der Waals surface area contributed by atoms with Crippen molar-refractivity contribution in [2.24, 2.45) is 0 Å². The number of rotatable bonds is 3. The normalized spacial score (nSPS) is 17.1. The topological polar surface area (TPSA) is 44.2 Å². The van der Waals surface area contributed by atoms with Crippen molar-refractivity contribution < 1.29 is 9.47 Å². The van der Waals surface area contributed by atoms with Crippen molar-refractivity contribution in [3.8, 4) is 11.5 Å². The van der Waals surface area contributed by atoms with Gasteiger partial charge in [0, 0.05) is 0 Å². The zero-order valence-electron chi connectivity index (χ0n) is 15.7. The Morgan fingerprint density at radius 3 is 2.42 bits per heavy atom. The van der Waals surface area contributed by atoms with E-state index in [1.165, 1.54) is 28.4 Å². The molecule has 3 aromatic rings. The molecule has 1 aliphatic rings. The molecule has 0 bridgehead atoms. The van der Waals surface area contributed by atoms with Crippen LogP contribution >= 0.6 is 11.7 Å². The molecule has 2 heterocycles. The van der Waals surface area contributed by atoms with Crippen molar-refractivity contribution in [2.75, 3.05) is 13.2 Å². The second kappa shape index (κ2) is 6.88. The summed E-state index contributed by atoms with van der Waals surface area (Å²) in [6, 6.07) is 10.5. The molecule has 4 rings (SSSR count). The largest absolute Gasteiger partial charge is 0.489 e. The molecule has 1 aromatic heterocycles. The number of ether oxygens (including phenoxy) is 2. The van der Waals surface area contributed by atoms with Gasteiger partial charge in [-0.1, -0.05) is 39.8 Å². The van der Waals surface area contributed by atoms with Gasteiger partial charge in [0.15, 0.2) is 11.5 Å². The zero-order chi connectivity index (χ0) is 18.3. The van der Waals surface area contributed by atoms with E-state index in [0.29, 0.717) is 25.0 Å². The molecule has 26 heavy (non-hydrogen) atoms. The number of hydrogen-bond acceptors (Lipinski definition) is 5. The third-order valence-electron chi connectivity index (χ3n) is 5.03. The van der Waals surface area contributed by atoms with Gasteiger partial charge in [-0.15, -0.1) is 0 Å². The van der Waals surface area contributed by atoms with Gasteiger partial charge in [-0.2, -0.15) is 8.75 Å². The van der Waals surface area contributed by atoms with Crippen molar-refractivity contribution in [3.63, 3.8) is 0 Å². The molecule has 0 spiro atoms. The highest BCUT2D eigenvalue weighted by Crippen LogP contribution is 2.38. The lowest BCUT2D eigenvalue weighted by molar-refractivity contribution is 0.262. The van der Waals surface area contributed by atoms with Gasteiger partial charge in [0.25, 0.3) is 0 Å². The zero-order valence-corrected chi connectivity index (χ0v) is 16.5. The minimum absolute atomic E-state index is 0.174. The maximum Gasteiger partial charge on any atom is 0.161 e. The average molecular weight is 369 g/mol. The van der Waals surface area contributed by atoms with Gasteiger partial charge < -0.3 is 9.47 Å². The van der Waals surface area contributed by atoms with E-state index >= 15 is 0 Å². The van der Waals surface area contributed by atoms with E-state index in [2.05, 4.69) is 60.7 Å². The van der Waals surface area contributed by atoms with Crippen molar-refractivity contribution in [3.05, 3.63) is 47.0 Å². The quantitative estimate of drug-likeness (QED) is 0.613. The van der Waals surface area contributed by atoms with Crippen LogP contribution in [0, 0.1) is 0 Å². The molecule has 0 saturated carbocycles. The molecule has 1 aliphatic heterocycles. The van der Waals surface area contributed by atoms with E-state index in [0.717, 1.165) is 22.5 Å². The van der Waals surface area contributed by atoms with Gasteiger partial charge in [-0.3, -0.25) is 0 Å². The highest BCUT2D eigenvalue weighted by Gasteiger charge is 2.25. The van der Waals surface area contributed by atoms with Crippen LogP contribution in [-0.4, -0.2) is 22.0 Å². The predicted molar refractivity (Wildman–Crippen MR) is 106 cm³/mol. The molecule has 0 saturated heterocycles. The molecule has 2 aromatic carbocycles. The molecule has 1 unspecified atom stereocenters. The Morgan fingerprint density at radius 2 is 1.69 bits per heavy atom. The number of nitrogens with zero attached hydrogens (tertiary/aromatic N) is 2. The molecule has 136 valence electrons. The third kappa shape index (κ3) is 3.05. The maximum atomic E-state index is 6.18. The lowest BCUT2D eigenvalue weighted by atomic mass is 9.88. The Balaban J connectivity index is 1.68. The molecule has 0 radical (unpaired) electrons. The summed E-state index contributed by atoms with van der Waals surface area (Å²) >= 11 is 1.28. The predicted octanol–water partition coefficient (Wildman–Crippen LogP) is 5.49. The summed E-state index contributed by atoms with van der Waals surface area (Å²) in [5, 5.41) is 0. The van der Waals surface area contributed by atoms with E-state index in [4.69, 9.17) is 9.47 Å². The first-order chi connectivity index (χ1) is 12.5. The van der Waals surface area contributed by atoms with Crippen LogP contribution in [0.25, 0.3) is 11.0 Å². The summed E-state index contributed by atoms with van der Waals surface area (Å²) in [7, 11) is 0. The van der Waals surface area contributed by atoms with Crippen LogP contribution in [0.4, 0.5) is 0 Å². The monoisotopic (exact) mass is 368 g/mol. The first-order valence-corrected chi connectivity index (χ1v) is 9.92. The lowest BCUT2D eigenvalue weighted by Crippen LogP contribution is -2.17. The van der Waals surface area contributed by atoms with E-state index in [1.807, 2.05) is 6.07 Å². The molecular weight excluding hydrogens is 344 g/mol. The highest BCUT2D eigenvalue weighted by atomic mass is 32.1. The Bertz CT molecular complexity index is 933. The summed E-state index contributed by atoms with van der Waals surface area (Å²) < 4.78 is 21.2.